The molecule has 0 atom stereocenters. The molecule has 112 valence electrons. The third kappa shape index (κ3) is 3.16. The maximum atomic E-state index is 12.3. The van der Waals surface area contributed by atoms with Crippen molar-refractivity contribution >= 4 is 28.9 Å². The van der Waals surface area contributed by atoms with Crippen LogP contribution < -0.4 is 5.32 Å². The van der Waals surface area contributed by atoms with E-state index in [9.17, 15) is 9.59 Å². The predicted molar refractivity (Wildman–Crippen MR) is 83.1 cm³/mol. The van der Waals surface area contributed by atoms with Gasteiger partial charge in [-0.25, -0.2) is 4.79 Å². The molecular weight excluding hydrogens is 288 g/mol. The van der Waals surface area contributed by atoms with Gasteiger partial charge in [0, 0.05) is 11.9 Å². The van der Waals surface area contributed by atoms with Gasteiger partial charge in [-0.3, -0.25) is 4.79 Å². The van der Waals surface area contributed by atoms with Gasteiger partial charge < -0.3 is 15.0 Å². The fourth-order valence-corrected chi connectivity index (χ4v) is 2.97. The molecule has 5 nitrogen and oxygen atoms in total. The average molecular weight is 306 g/mol. The standard InChI is InChI=1S/C15H18N2O3S/c1-4-10-6-7-21-13(10)14(18)17-11-8-16-9(3)12(11)15(19)20-5-2/h6-8,16H,4-5H2,1-3H3,(H,17,18). The van der Waals surface area contributed by atoms with Crippen LogP contribution in [0.15, 0.2) is 17.6 Å². The van der Waals surface area contributed by atoms with Crippen molar-refractivity contribution in [3.05, 3.63) is 39.3 Å². The van der Waals surface area contributed by atoms with Gasteiger partial charge in [-0.1, -0.05) is 6.92 Å². The maximum Gasteiger partial charge on any atom is 0.342 e. The van der Waals surface area contributed by atoms with E-state index in [2.05, 4.69) is 10.3 Å². The summed E-state index contributed by atoms with van der Waals surface area (Å²) in [6.45, 7) is 5.81. The number of aromatic nitrogens is 1. The van der Waals surface area contributed by atoms with E-state index in [0.717, 1.165) is 12.0 Å². The number of thiophene rings is 1. The molecule has 2 N–H and O–H groups in total. The zero-order chi connectivity index (χ0) is 15.4. The van der Waals surface area contributed by atoms with Crippen LogP contribution in [0.2, 0.25) is 0 Å². The highest BCUT2D eigenvalue weighted by Gasteiger charge is 2.20. The van der Waals surface area contributed by atoms with Gasteiger partial charge in [-0.05, 0) is 37.3 Å². The molecule has 0 saturated carbocycles. The molecule has 0 aliphatic rings. The fourth-order valence-electron chi connectivity index (χ4n) is 2.08. The van der Waals surface area contributed by atoms with Crippen molar-refractivity contribution < 1.29 is 14.3 Å². The molecule has 2 heterocycles. The number of esters is 1. The van der Waals surface area contributed by atoms with Crippen LogP contribution in [0.4, 0.5) is 5.69 Å². The molecule has 0 aromatic carbocycles. The molecule has 0 spiro atoms. The Bertz CT molecular complexity index is 658. The molecule has 0 aliphatic heterocycles. The highest BCUT2D eigenvalue weighted by molar-refractivity contribution is 7.12. The highest BCUT2D eigenvalue weighted by atomic mass is 32.1. The van der Waals surface area contributed by atoms with Gasteiger partial charge in [-0.15, -0.1) is 11.3 Å². The minimum atomic E-state index is -0.437. The molecule has 0 radical (unpaired) electrons. The normalized spacial score (nSPS) is 10.4. The van der Waals surface area contributed by atoms with E-state index in [4.69, 9.17) is 4.74 Å². The molecule has 1 amide bonds. The van der Waals surface area contributed by atoms with Crippen LogP contribution in [-0.2, 0) is 11.2 Å². The second kappa shape index (κ2) is 6.58. The lowest BCUT2D eigenvalue weighted by atomic mass is 10.2. The van der Waals surface area contributed by atoms with E-state index < -0.39 is 5.97 Å². The molecule has 21 heavy (non-hydrogen) atoms. The SMILES string of the molecule is CCOC(=O)c1c(NC(=O)c2sccc2CC)c[nH]c1C. The Kier molecular flexibility index (Phi) is 4.80. The minimum Gasteiger partial charge on any atom is -0.462 e. The molecule has 0 fully saturated rings. The van der Waals surface area contributed by atoms with E-state index in [1.807, 2.05) is 18.4 Å². The van der Waals surface area contributed by atoms with Crippen molar-refractivity contribution in [2.75, 3.05) is 11.9 Å². The van der Waals surface area contributed by atoms with E-state index in [1.54, 1.807) is 20.0 Å². The minimum absolute atomic E-state index is 0.202. The second-order valence-electron chi connectivity index (χ2n) is 4.51. The van der Waals surface area contributed by atoms with Crippen molar-refractivity contribution in [2.45, 2.75) is 27.2 Å². The average Bonchev–Trinajstić information content (AvgIpc) is 3.05. The van der Waals surface area contributed by atoms with Crippen LogP contribution in [0, 0.1) is 6.92 Å². The van der Waals surface area contributed by atoms with Crippen molar-refractivity contribution in [3.8, 4) is 0 Å². The van der Waals surface area contributed by atoms with Crippen molar-refractivity contribution in [2.24, 2.45) is 0 Å². The van der Waals surface area contributed by atoms with E-state index in [0.29, 0.717) is 28.4 Å². The predicted octanol–water partition coefficient (Wildman–Crippen LogP) is 3.38. The Morgan fingerprint density at radius 1 is 1.38 bits per heavy atom. The first kappa shape index (κ1) is 15.3. The van der Waals surface area contributed by atoms with Crippen LogP contribution in [0.3, 0.4) is 0 Å². The first-order valence-electron chi connectivity index (χ1n) is 6.81. The van der Waals surface area contributed by atoms with Crippen molar-refractivity contribution in [3.63, 3.8) is 0 Å². The van der Waals surface area contributed by atoms with Crippen LogP contribution in [0.25, 0.3) is 0 Å². The lowest BCUT2D eigenvalue weighted by Crippen LogP contribution is -2.15. The topological polar surface area (TPSA) is 71.2 Å². The van der Waals surface area contributed by atoms with Crippen molar-refractivity contribution in [1.82, 2.24) is 4.98 Å². The number of hydrogen-bond acceptors (Lipinski definition) is 4. The molecule has 2 rings (SSSR count). The molecule has 0 saturated heterocycles. The third-order valence-electron chi connectivity index (χ3n) is 3.14. The number of hydrogen-bond donors (Lipinski definition) is 2. The second-order valence-corrected chi connectivity index (χ2v) is 5.42. The summed E-state index contributed by atoms with van der Waals surface area (Å²) in [4.78, 5) is 27.9. The Hall–Kier alpha value is -2.08. The monoisotopic (exact) mass is 306 g/mol. The number of carbonyl (C=O) groups excluding carboxylic acids is 2. The summed E-state index contributed by atoms with van der Waals surface area (Å²) in [5, 5.41) is 4.68. The number of H-pyrrole nitrogens is 1. The Morgan fingerprint density at radius 3 is 2.81 bits per heavy atom. The summed E-state index contributed by atoms with van der Waals surface area (Å²) >= 11 is 1.39. The van der Waals surface area contributed by atoms with Gasteiger partial charge in [0.05, 0.1) is 17.2 Å². The van der Waals surface area contributed by atoms with Crippen molar-refractivity contribution in [1.29, 1.82) is 0 Å². The first-order valence-corrected chi connectivity index (χ1v) is 7.69. The summed E-state index contributed by atoms with van der Waals surface area (Å²) < 4.78 is 5.02. The van der Waals surface area contributed by atoms with Crippen LogP contribution in [0.5, 0.6) is 0 Å². The highest BCUT2D eigenvalue weighted by Crippen LogP contribution is 2.23. The van der Waals surface area contributed by atoms with Gasteiger partial charge >= 0.3 is 5.97 Å². The fraction of sp³-hybridized carbons (Fsp3) is 0.333. The van der Waals surface area contributed by atoms with E-state index in [-0.39, 0.29) is 5.91 Å². The zero-order valence-corrected chi connectivity index (χ0v) is 13.1. The number of aromatic amines is 1. The van der Waals surface area contributed by atoms with Gasteiger partial charge in [-0.2, -0.15) is 0 Å². The van der Waals surface area contributed by atoms with Gasteiger partial charge in [0.1, 0.15) is 5.56 Å². The number of rotatable bonds is 5. The van der Waals surface area contributed by atoms with Crippen LogP contribution in [0.1, 0.15) is 45.1 Å². The first-order chi connectivity index (χ1) is 10.1. The summed E-state index contributed by atoms with van der Waals surface area (Å²) in [6, 6.07) is 1.94. The summed E-state index contributed by atoms with van der Waals surface area (Å²) in [7, 11) is 0. The number of carbonyl (C=O) groups is 2. The molecule has 6 heteroatoms. The number of amides is 1. The maximum absolute atomic E-state index is 12.3. The smallest absolute Gasteiger partial charge is 0.342 e. The van der Waals surface area contributed by atoms with Crippen LogP contribution in [-0.4, -0.2) is 23.5 Å². The molecular formula is C15H18N2O3S. The molecule has 0 bridgehead atoms. The lowest BCUT2D eigenvalue weighted by molar-refractivity contribution is 0.0527. The number of ether oxygens (including phenoxy) is 1. The third-order valence-corrected chi connectivity index (χ3v) is 4.09. The Balaban J connectivity index is 2.24. The molecule has 0 aliphatic carbocycles. The lowest BCUT2D eigenvalue weighted by Gasteiger charge is -2.07. The number of anilines is 1. The van der Waals surface area contributed by atoms with E-state index in [1.165, 1.54) is 11.3 Å². The largest absolute Gasteiger partial charge is 0.462 e. The Morgan fingerprint density at radius 2 is 2.14 bits per heavy atom. The number of aryl methyl sites for hydroxylation is 2. The number of nitrogens with one attached hydrogen (secondary N) is 2. The summed E-state index contributed by atoms with van der Waals surface area (Å²) in [5.74, 6) is -0.639. The molecule has 2 aromatic heterocycles. The molecule has 0 unspecified atom stereocenters. The van der Waals surface area contributed by atoms with Gasteiger partial charge in [0.25, 0.3) is 5.91 Å². The van der Waals surface area contributed by atoms with Crippen LogP contribution >= 0.6 is 11.3 Å². The van der Waals surface area contributed by atoms with E-state index >= 15 is 0 Å². The summed E-state index contributed by atoms with van der Waals surface area (Å²) in [5.41, 5.74) is 2.50. The summed E-state index contributed by atoms with van der Waals surface area (Å²) in [6.07, 6.45) is 2.40. The van der Waals surface area contributed by atoms with Gasteiger partial charge in [0.15, 0.2) is 0 Å². The zero-order valence-electron chi connectivity index (χ0n) is 12.3. The van der Waals surface area contributed by atoms with Gasteiger partial charge in [0.2, 0.25) is 0 Å². The Labute approximate surface area is 127 Å². The quantitative estimate of drug-likeness (QED) is 0.832. The molecule has 2 aromatic rings.